The third kappa shape index (κ3) is 4.93. The second-order valence-corrected chi connectivity index (χ2v) is 8.33. The van der Waals surface area contributed by atoms with Gasteiger partial charge in [0.15, 0.2) is 9.84 Å². The minimum absolute atomic E-state index is 0.00115. The van der Waals surface area contributed by atoms with E-state index in [4.69, 9.17) is 20.9 Å². The number of halogens is 1. The first-order chi connectivity index (χ1) is 13.3. The molecule has 3 rings (SSSR count). The van der Waals surface area contributed by atoms with E-state index in [9.17, 15) is 13.2 Å². The molecule has 0 N–H and O–H groups in total. The van der Waals surface area contributed by atoms with Crippen LogP contribution in [0.2, 0.25) is 5.02 Å². The number of hydrogen-bond donors (Lipinski definition) is 0. The molecule has 0 aliphatic heterocycles. The molecule has 0 spiro atoms. The summed E-state index contributed by atoms with van der Waals surface area (Å²) in [6, 6.07) is 7.49. The standard InChI is InChI=1S/C18H16ClN3O5S/c1-28(24,25)13-6-7-15(19)14(10-13)18(23)26-9-3-5-16-21-17(22-27-16)12-4-2-8-20-11-12/h2,4,6-8,10-11H,3,5,9H2,1H3. The number of carbonyl (C=O) groups excluding carboxylic acids is 1. The maximum absolute atomic E-state index is 12.2. The number of esters is 1. The van der Waals surface area contributed by atoms with Crippen LogP contribution in [0.15, 0.2) is 52.1 Å². The molecule has 0 atom stereocenters. The Hall–Kier alpha value is -2.78. The Morgan fingerprint density at radius 2 is 2.11 bits per heavy atom. The van der Waals surface area contributed by atoms with Crippen LogP contribution in [0.4, 0.5) is 0 Å². The van der Waals surface area contributed by atoms with Gasteiger partial charge in [-0.25, -0.2) is 13.2 Å². The van der Waals surface area contributed by atoms with E-state index >= 15 is 0 Å². The second-order valence-electron chi connectivity index (χ2n) is 5.91. The minimum Gasteiger partial charge on any atom is -0.462 e. The van der Waals surface area contributed by atoms with Gasteiger partial charge in [0, 0.05) is 30.6 Å². The van der Waals surface area contributed by atoms with Gasteiger partial charge in [0.25, 0.3) is 0 Å². The molecule has 0 unspecified atom stereocenters. The van der Waals surface area contributed by atoms with E-state index in [0.717, 1.165) is 11.8 Å². The zero-order chi connectivity index (χ0) is 20.1. The first-order valence-corrected chi connectivity index (χ1v) is 10.5. The molecule has 146 valence electrons. The van der Waals surface area contributed by atoms with Gasteiger partial charge in [0.1, 0.15) is 0 Å². The fourth-order valence-electron chi connectivity index (χ4n) is 2.33. The summed E-state index contributed by atoms with van der Waals surface area (Å²) in [6.45, 7) is 0.0862. The topological polar surface area (TPSA) is 112 Å². The number of aryl methyl sites for hydroxylation is 1. The Balaban J connectivity index is 1.55. The van der Waals surface area contributed by atoms with Crippen molar-refractivity contribution in [3.63, 3.8) is 0 Å². The van der Waals surface area contributed by atoms with Crippen LogP contribution < -0.4 is 0 Å². The van der Waals surface area contributed by atoms with Gasteiger partial charge in [-0.3, -0.25) is 4.98 Å². The van der Waals surface area contributed by atoms with Gasteiger partial charge in [-0.1, -0.05) is 16.8 Å². The van der Waals surface area contributed by atoms with Crippen molar-refractivity contribution in [2.75, 3.05) is 12.9 Å². The lowest BCUT2D eigenvalue weighted by Crippen LogP contribution is -2.09. The third-order valence-electron chi connectivity index (χ3n) is 3.74. The third-order valence-corrected chi connectivity index (χ3v) is 5.18. The lowest BCUT2D eigenvalue weighted by molar-refractivity contribution is 0.0498. The van der Waals surface area contributed by atoms with Crippen LogP contribution in [0, 0.1) is 0 Å². The highest BCUT2D eigenvalue weighted by Crippen LogP contribution is 2.21. The smallest absolute Gasteiger partial charge is 0.339 e. The zero-order valence-electron chi connectivity index (χ0n) is 14.8. The van der Waals surface area contributed by atoms with E-state index in [1.54, 1.807) is 18.5 Å². The fraction of sp³-hybridized carbons (Fsp3) is 0.222. The number of benzene rings is 1. The van der Waals surface area contributed by atoms with Crippen LogP contribution in [0.5, 0.6) is 0 Å². The molecule has 0 aliphatic carbocycles. The number of rotatable bonds is 7. The molecule has 0 radical (unpaired) electrons. The summed E-state index contributed by atoms with van der Waals surface area (Å²) in [7, 11) is -3.46. The second kappa shape index (κ2) is 8.49. The van der Waals surface area contributed by atoms with Gasteiger partial charge in [0.05, 0.1) is 22.1 Å². The molecule has 0 aliphatic rings. The van der Waals surface area contributed by atoms with Crippen LogP contribution in [0.3, 0.4) is 0 Å². The molecule has 8 nitrogen and oxygen atoms in total. The van der Waals surface area contributed by atoms with Gasteiger partial charge >= 0.3 is 5.97 Å². The predicted octanol–water partition coefficient (Wildman–Crippen LogP) is 2.98. The molecular formula is C18H16ClN3O5S. The highest BCUT2D eigenvalue weighted by Gasteiger charge is 2.17. The highest BCUT2D eigenvalue weighted by molar-refractivity contribution is 7.90. The summed E-state index contributed by atoms with van der Waals surface area (Å²) < 4.78 is 33.6. The highest BCUT2D eigenvalue weighted by atomic mass is 35.5. The van der Waals surface area contributed by atoms with Crippen molar-refractivity contribution >= 4 is 27.4 Å². The maximum atomic E-state index is 12.2. The first-order valence-electron chi connectivity index (χ1n) is 8.24. The molecule has 0 saturated heterocycles. The Morgan fingerprint density at radius 1 is 1.29 bits per heavy atom. The summed E-state index contributed by atoms with van der Waals surface area (Å²) in [5.74, 6) is 0.147. The fourth-order valence-corrected chi connectivity index (χ4v) is 3.17. The van der Waals surface area contributed by atoms with E-state index in [-0.39, 0.29) is 22.1 Å². The van der Waals surface area contributed by atoms with E-state index < -0.39 is 15.8 Å². The summed E-state index contributed by atoms with van der Waals surface area (Å²) in [5.41, 5.74) is 0.741. The lowest BCUT2D eigenvalue weighted by Gasteiger charge is -2.07. The molecule has 2 heterocycles. The summed E-state index contributed by atoms with van der Waals surface area (Å²) in [4.78, 5) is 20.4. The Kier molecular flexibility index (Phi) is 6.05. The summed E-state index contributed by atoms with van der Waals surface area (Å²) >= 11 is 5.98. The van der Waals surface area contributed by atoms with Crippen LogP contribution in [-0.2, 0) is 21.0 Å². The van der Waals surface area contributed by atoms with E-state index in [0.29, 0.717) is 24.6 Å². The maximum Gasteiger partial charge on any atom is 0.339 e. The molecule has 1 aromatic carbocycles. The normalized spacial score (nSPS) is 11.4. The molecule has 0 bridgehead atoms. The number of pyridine rings is 1. The molecular weight excluding hydrogens is 406 g/mol. The van der Waals surface area contributed by atoms with Gasteiger partial charge < -0.3 is 9.26 Å². The zero-order valence-corrected chi connectivity index (χ0v) is 16.4. The molecule has 10 heteroatoms. The number of nitrogens with zero attached hydrogens (tertiary/aromatic N) is 3. The molecule has 0 saturated carbocycles. The van der Waals surface area contributed by atoms with Gasteiger partial charge in [-0.05, 0) is 36.8 Å². The average Bonchev–Trinajstić information content (AvgIpc) is 3.14. The van der Waals surface area contributed by atoms with E-state index in [1.165, 1.54) is 18.2 Å². The summed E-state index contributed by atoms with van der Waals surface area (Å²) in [5, 5.41) is 4.00. The van der Waals surface area contributed by atoms with Crippen molar-refractivity contribution in [1.29, 1.82) is 0 Å². The Morgan fingerprint density at radius 3 is 2.82 bits per heavy atom. The van der Waals surface area contributed by atoms with Crippen LogP contribution in [0.25, 0.3) is 11.4 Å². The number of hydrogen-bond acceptors (Lipinski definition) is 8. The average molecular weight is 422 g/mol. The van der Waals surface area contributed by atoms with Crippen molar-refractivity contribution < 1.29 is 22.5 Å². The van der Waals surface area contributed by atoms with E-state index in [2.05, 4.69) is 15.1 Å². The number of sulfone groups is 1. The number of ether oxygens (including phenoxy) is 1. The van der Waals surface area contributed by atoms with Crippen LogP contribution >= 0.6 is 11.6 Å². The van der Waals surface area contributed by atoms with Crippen molar-refractivity contribution in [3.8, 4) is 11.4 Å². The molecule has 2 aromatic heterocycles. The number of aromatic nitrogens is 3. The van der Waals surface area contributed by atoms with Gasteiger partial charge in [-0.15, -0.1) is 0 Å². The molecule has 28 heavy (non-hydrogen) atoms. The van der Waals surface area contributed by atoms with Gasteiger partial charge in [-0.2, -0.15) is 4.98 Å². The van der Waals surface area contributed by atoms with Crippen molar-refractivity contribution in [1.82, 2.24) is 15.1 Å². The van der Waals surface area contributed by atoms with Crippen molar-refractivity contribution in [3.05, 3.63) is 59.2 Å². The lowest BCUT2D eigenvalue weighted by atomic mass is 10.2. The monoisotopic (exact) mass is 421 g/mol. The minimum atomic E-state index is -3.46. The van der Waals surface area contributed by atoms with Crippen molar-refractivity contribution in [2.24, 2.45) is 0 Å². The largest absolute Gasteiger partial charge is 0.462 e. The SMILES string of the molecule is CS(=O)(=O)c1ccc(Cl)c(C(=O)OCCCc2nc(-c3cccnc3)no2)c1. The first kappa shape index (κ1) is 20.0. The predicted molar refractivity (Wildman–Crippen MR) is 101 cm³/mol. The van der Waals surface area contributed by atoms with Gasteiger partial charge in [0.2, 0.25) is 11.7 Å². The summed E-state index contributed by atoms with van der Waals surface area (Å²) in [6.07, 6.45) is 5.19. The van der Waals surface area contributed by atoms with Crippen LogP contribution in [0.1, 0.15) is 22.7 Å². The van der Waals surface area contributed by atoms with Crippen molar-refractivity contribution in [2.45, 2.75) is 17.7 Å². The van der Waals surface area contributed by atoms with Crippen LogP contribution in [-0.4, -0.2) is 42.4 Å². The molecule has 0 fully saturated rings. The Bertz CT molecular complexity index is 1080. The molecule has 3 aromatic rings. The quantitative estimate of drug-likeness (QED) is 0.422. The molecule has 0 amide bonds. The Labute approximate surface area is 166 Å². The van der Waals surface area contributed by atoms with E-state index in [1.807, 2.05) is 6.07 Å². The number of carbonyl (C=O) groups is 1.